The van der Waals surface area contributed by atoms with Gasteiger partial charge in [0.25, 0.3) is 11.8 Å². The van der Waals surface area contributed by atoms with E-state index >= 15 is 8.78 Å². The molecule has 9 heteroatoms. The second-order valence-electron chi connectivity index (χ2n) is 11.3. The molecule has 2 aromatic rings. The Morgan fingerprint density at radius 2 is 2.03 bits per heavy atom. The van der Waals surface area contributed by atoms with E-state index in [2.05, 4.69) is 16.4 Å². The third-order valence-corrected chi connectivity index (χ3v) is 8.44. The van der Waals surface area contributed by atoms with Gasteiger partial charge in [0.2, 0.25) is 0 Å². The molecule has 1 unspecified atom stereocenters. The van der Waals surface area contributed by atoms with Crippen LogP contribution in [0.5, 0.6) is 0 Å². The molecule has 0 spiro atoms. The highest BCUT2D eigenvalue weighted by Crippen LogP contribution is 2.42. The van der Waals surface area contributed by atoms with Crippen molar-refractivity contribution >= 4 is 17.7 Å². The Bertz CT molecular complexity index is 1230. The number of likely N-dealkylation sites (tertiary alicyclic amines) is 1. The largest absolute Gasteiger partial charge is 0.480 e. The number of aliphatic carboxylic acids is 1. The molecule has 1 saturated heterocycles. The average Bonchev–Trinajstić information content (AvgIpc) is 3.53. The Morgan fingerprint density at radius 1 is 1.21 bits per heavy atom. The number of anilines is 1. The van der Waals surface area contributed by atoms with Crippen LogP contribution in [0.25, 0.3) is 0 Å². The van der Waals surface area contributed by atoms with Crippen molar-refractivity contribution in [1.29, 1.82) is 0 Å². The van der Waals surface area contributed by atoms with E-state index in [4.69, 9.17) is 0 Å². The van der Waals surface area contributed by atoms with Gasteiger partial charge in [-0.1, -0.05) is 18.2 Å². The zero-order valence-electron chi connectivity index (χ0n) is 22.8. The number of amides is 1. The number of hydrogen-bond donors (Lipinski definition) is 2. The number of carbonyl (C=O) groups is 2. The number of carboxylic acid groups (broad SMARTS) is 1. The number of alkyl halides is 2. The Balaban J connectivity index is 1.27. The second-order valence-corrected chi connectivity index (χ2v) is 11.3. The fraction of sp³-hybridized carbons (Fsp3) is 0.567. The number of nitrogens with one attached hydrogen (secondary N) is 1. The zero-order chi connectivity index (χ0) is 27.7. The molecule has 0 aliphatic carbocycles. The summed E-state index contributed by atoms with van der Waals surface area (Å²) >= 11 is 0. The van der Waals surface area contributed by atoms with Crippen LogP contribution in [0.2, 0.25) is 0 Å². The summed E-state index contributed by atoms with van der Waals surface area (Å²) in [6.07, 6.45) is 4.13. The first kappa shape index (κ1) is 27.5. The number of halogens is 2. The van der Waals surface area contributed by atoms with Crippen molar-refractivity contribution in [2.24, 2.45) is 0 Å². The van der Waals surface area contributed by atoms with Crippen LogP contribution in [-0.2, 0) is 24.2 Å². The van der Waals surface area contributed by atoms with E-state index < -0.39 is 24.0 Å². The molecule has 2 atom stereocenters. The molecule has 0 saturated carbocycles. The van der Waals surface area contributed by atoms with Crippen LogP contribution in [-0.4, -0.2) is 62.9 Å². The SMILES string of the molecule is CC(C)N1Cc2c(cccc2C(C(=O)O)N2CCC[C@@H]2C(F)(F)CCCCc2ccc3c(n2)NCCC3)C1=O. The number of hydrogen-bond acceptors (Lipinski definition) is 5. The van der Waals surface area contributed by atoms with Crippen LogP contribution < -0.4 is 5.32 Å². The maximum atomic E-state index is 15.7. The molecule has 0 radical (unpaired) electrons. The van der Waals surface area contributed by atoms with Gasteiger partial charge in [-0.2, -0.15) is 0 Å². The Labute approximate surface area is 228 Å². The van der Waals surface area contributed by atoms with Crippen molar-refractivity contribution in [3.63, 3.8) is 0 Å². The van der Waals surface area contributed by atoms with E-state index in [1.54, 1.807) is 23.1 Å². The van der Waals surface area contributed by atoms with Crippen molar-refractivity contribution in [2.75, 3.05) is 18.4 Å². The average molecular weight is 541 g/mol. The molecule has 5 rings (SSSR count). The van der Waals surface area contributed by atoms with E-state index in [-0.39, 0.29) is 31.3 Å². The molecule has 39 heavy (non-hydrogen) atoms. The summed E-state index contributed by atoms with van der Waals surface area (Å²) in [5, 5.41) is 13.6. The predicted octanol–water partition coefficient (Wildman–Crippen LogP) is 5.44. The van der Waals surface area contributed by atoms with Gasteiger partial charge in [-0.15, -0.1) is 0 Å². The van der Waals surface area contributed by atoms with Crippen LogP contribution in [0.3, 0.4) is 0 Å². The number of fused-ring (bicyclic) bond motifs is 2. The van der Waals surface area contributed by atoms with Gasteiger partial charge in [-0.3, -0.25) is 14.5 Å². The number of benzene rings is 1. The summed E-state index contributed by atoms with van der Waals surface area (Å²) in [6, 6.07) is 6.70. The standard InChI is InChI=1S/C30H38F2N4O3/c1-19(2)36-18-24-22(10-5-11-23(24)28(36)37)26(29(38)39)35-17-7-12-25(35)30(31,32)15-4-3-9-21-14-13-20-8-6-16-33-27(20)34-21/h5,10-11,13-14,19,25-26H,3-4,6-9,12,15-18H2,1-2H3,(H,33,34)(H,38,39)/t25-,26?/m1/s1. The van der Waals surface area contributed by atoms with Gasteiger partial charge in [0, 0.05) is 36.8 Å². The van der Waals surface area contributed by atoms with Gasteiger partial charge in [-0.05, 0) is 94.2 Å². The smallest absolute Gasteiger partial charge is 0.325 e. The van der Waals surface area contributed by atoms with Crippen molar-refractivity contribution in [2.45, 2.75) is 95.8 Å². The summed E-state index contributed by atoms with van der Waals surface area (Å²) in [7, 11) is 0. The molecular weight excluding hydrogens is 502 g/mol. The number of carbonyl (C=O) groups excluding carboxylic acids is 1. The molecule has 3 aliphatic rings. The third kappa shape index (κ3) is 5.51. The number of aromatic nitrogens is 1. The lowest BCUT2D eigenvalue weighted by molar-refractivity contribution is -0.148. The normalized spacial score (nSPS) is 20.2. The summed E-state index contributed by atoms with van der Waals surface area (Å²) in [6.45, 7) is 5.31. The van der Waals surface area contributed by atoms with Gasteiger partial charge >= 0.3 is 5.97 Å². The molecule has 1 aromatic carbocycles. The highest BCUT2D eigenvalue weighted by Gasteiger charge is 2.49. The lowest BCUT2D eigenvalue weighted by atomic mass is 9.93. The summed E-state index contributed by atoms with van der Waals surface area (Å²) in [5.74, 6) is -3.41. The number of aryl methyl sites for hydroxylation is 2. The predicted molar refractivity (Wildman–Crippen MR) is 145 cm³/mol. The van der Waals surface area contributed by atoms with Gasteiger partial charge in [0.05, 0.1) is 6.04 Å². The Hall–Kier alpha value is -3.07. The molecule has 210 valence electrons. The van der Waals surface area contributed by atoms with Gasteiger partial charge in [-0.25, -0.2) is 13.8 Å². The van der Waals surface area contributed by atoms with E-state index in [1.165, 1.54) is 10.5 Å². The van der Waals surface area contributed by atoms with Crippen molar-refractivity contribution in [1.82, 2.24) is 14.8 Å². The van der Waals surface area contributed by atoms with Crippen LogP contribution in [0.15, 0.2) is 30.3 Å². The Kier molecular flexibility index (Phi) is 7.89. The first-order valence-electron chi connectivity index (χ1n) is 14.2. The molecule has 2 N–H and O–H groups in total. The van der Waals surface area contributed by atoms with Crippen LogP contribution in [0.1, 0.15) is 91.2 Å². The minimum atomic E-state index is -3.02. The molecule has 1 fully saturated rings. The topological polar surface area (TPSA) is 85.8 Å². The van der Waals surface area contributed by atoms with E-state index in [9.17, 15) is 14.7 Å². The first-order valence-corrected chi connectivity index (χ1v) is 14.2. The number of pyridine rings is 1. The fourth-order valence-corrected chi connectivity index (χ4v) is 6.40. The monoisotopic (exact) mass is 540 g/mol. The Morgan fingerprint density at radius 3 is 2.79 bits per heavy atom. The minimum absolute atomic E-state index is 0.0438. The number of nitrogens with zero attached hydrogens (tertiary/aromatic N) is 3. The highest BCUT2D eigenvalue weighted by molar-refractivity contribution is 5.99. The lowest BCUT2D eigenvalue weighted by Crippen LogP contribution is -2.47. The summed E-state index contributed by atoms with van der Waals surface area (Å²) in [5.41, 5.74) is 3.68. The highest BCUT2D eigenvalue weighted by atomic mass is 19.3. The zero-order valence-corrected chi connectivity index (χ0v) is 22.8. The van der Waals surface area contributed by atoms with Crippen LogP contribution in [0, 0.1) is 0 Å². The number of carboxylic acids is 1. The first-order chi connectivity index (χ1) is 18.7. The minimum Gasteiger partial charge on any atom is -0.480 e. The fourth-order valence-electron chi connectivity index (χ4n) is 6.40. The van der Waals surface area contributed by atoms with Crippen molar-refractivity contribution in [3.8, 4) is 0 Å². The van der Waals surface area contributed by atoms with Crippen LogP contribution in [0.4, 0.5) is 14.6 Å². The quantitative estimate of drug-likeness (QED) is 0.390. The molecule has 7 nitrogen and oxygen atoms in total. The third-order valence-electron chi connectivity index (χ3n) is 8.44. The lowest BCUT2D eigenvalue weighted by Gasteiger charge is -2.36. The van der Waals surface area contributed by atoms with Crippen LogP contribution >= 0.6 is 0 Å². The number of unbranched alkanes of at least 4 members (excludes halogenated alkanes) is 1. The van der Waals surface area contributed by atoms with E-state index in [1.807, 2.05) is 19.9 Å². The number of rotatable bonds is 10. The molecule has 4 heterocycles. The van der Waals surface area contributed by atoms with Gasteiger partial charge in [0.1, 0.15) is 11.9 Å². The maximum absolute atomic E-state index is 15.7. The molecule has 1 aromatic heterocycles. The van der Waals surface area contributed by atoms with Gasteiger partial charge < -0.3 is 15.3 Å². The van der Waals surface area contributed by atoms with Crippen molar-refractivity contribution < 1.29 is 23.5 Å². The molecule has 3 aliphatic heterocycles. The maximum Gasteiger partial charge on any atom is 0.325 e. The van der Waals surface area contributed by atoms with Gasteiger partial charge in [0.15, 0.2) is 0 Å². The summed E-state index contributed by atoms with van der Waals surface area (Å²) < 4.78 is 31.3. The molecule has 1 amide bonds. The molecular formula is C30H38F2N4O3. The van der Waals surface area contributed by atoms with E-state index in [0.717, 1.165) is 30.9 Å². The molecule has 0 bridgehead atoms. The summed E-state index contributed by atoms with van der Waals surface area (Å²) in [4.78, 5) is 33.3. The second kappa shape index (κ2) is 11.2. The van der Waals surface area contributed by atoms with E-state index in [0.29, 0.717) is 48.9 Å². The van der Waals surface area contributed by atoms with Crippen molar-refractivity contribution in [3.05, 3.63) is 58.3 Å².